The van der Waals surface area contributed by atoms with Gasteiger partial charge >= 0.3 is 11.9 Å². The molecule has 5 aliphatic rings. The molecule has 5 aliphatic carbocycles. The lowest BCUT2D eigenvalue weighted by atomic mass is 9.33. The van der Waals surface area contributed by atoms with Crippen molar-refractivity contribution in [1.29, 1.82) is 0 Å². The van der Waals surface area contributed by atoms with E-state index in [0.29, 0.717) is 6.42 Å². The van der Waals surface area contributed by atoms with Gasteiger partial charge in [0.25, 0.3) is 0 Å². The summed E-state index contributed by atoms with van der Waals surface area (Å²) in [6.45, 7) is 19.7. The predicted molar refractivity (Wildman–Crippen MR) is 193 cm³/mol. The summed E-state index contributed by atoms with van der Waals surface area (Å²) in [7, 11) is 1.31. The van der Waals surface area contributed by atoms with Crippen molar-refractivity contribution in [3.63, 3.8) is 0 Å². The van der Waals surface area contributed by atoms with Gasteiger partial charge in [-0.15, -0.1) is 0 Å². The summed E-state index contributed by atoms with van der Waals surface area (Å²) in [5.74, 6) is -0.484. The first-order valence-electron chi connectivity index (χ1n) is 19.1. The Morgan fingerprint density at radius 2 is 1.54 bits per heavy atom. The highest BCUT2D eigenvalue weighted by Crippen LogP contribution is 2.75. The highest BCUT2D eigenvalue weighted by atomic mass is 16.5. The summed E-state index contributed by atoms with van der Waals surface area (Å²) in [5.41, 5.74) is -0.457. The number of methoxy groups -OCH3 is 1. The van der Waals surface area contributed by atoms with Crippen LogP contribution >= 0.6 is 0 Å². The highest BCUT2D eigenvalue weighted by molar-refractivity contribution is 6.02. The maximum Gasteiger partial charge on any atom is 0.320 e. The molecule has 4 fully saturated rings. The fourth-order valence-electron chi connectivity index (χ4n) is 12.2. The van der Waals surface area contributed by atoms with Crippen LogP contribution in [-0.2, 0) is 35.3 Å². The first-order valence-corrected chi connectivity index (χ1v) is 19.1. The number of hydrogen-bond donors (Lipinski definition) is 1. The van der Waals surface area contributed by atoms with Gasteiger partial charge in [-0.2, -0.15) is 0 Å². The highest BCUT2D eigenvalue weighted by Gasteiger charge is 2.70. The summed E-state index contributed by atoms with van der Waals surface area (Å²) in [6.07, 6.45) is 10.2. The first kappa shape index (κ1) is 36.8. The molecule has 50 heavy (non-hydrogen) atoms. The fourth-order valence-corrected chi connectivity index (χ4v) is 12.2. The Labute approximate surface area is 300 Å². The van der Waals surface area contributed by atoms with E-state index in [1.165, 1.54) is 12.7 Å². The molecule has 1 aromatic rings. The van der Waals surface area contributed by atoms with E-state index in [0.717, 1.165) is 56.9 Å². The van der Waals surface area contributed by atoms with Gasteiger partial charge in [0.1, 0.15) is 12.0 Å². The number of rotatable bonds is 6. The van der Waals surface area contributed by atoms with E-state index in [1.807, 2.05) is 30.3 Å². The Morgan fingerprint density at radius 3 is 2.20 bits per heavy atom. The molecule has 0 spiro atoms. The van der Waals surface area contributed by atoms with Crippen LogP contribution in [0.25, 0.3) is 0 Å². The van der Waals surface area contributed by atoms with E-state index in [-0.39, 0.29) is 75.1 Å². The third-order valence-electron chi connectivity index (χ3n) is 15.9. The van der Waals surface area contributed by atoms with E-state index in [2.05, 4.69) is 59.9 Å². The molecule has 7 nitrogen and oxygen atoms in total. The van der Waals surface area contributed by atoms with Gasteiger partial charge in [-0.3, -0.25) is 19.2 Å². The molecule has 0 aromatic heterocycles. The van der Waals surface area contributed by atoms with Gasteiger partial charge in [0.15, 0.2) is 5.78 Å². The smallest absolute Gasteiger partial charge is 0.320 e. The van der Waals surface area contributed by atoms with Crippen LogP contribution in [0.5, 0.6) is 0 Å². The Morgan fingerprint density at radius 1 is 0.880 bits per heavy atom. The zero-order valence-electron chi connectivity index (χ0n) is 32.3. The number of fused-ring (bicyclic) bond motifs is 7. The second kappa shape index (κ2) is 12.0. The van der Waals surface area contributed by atoms with Gasteiger partial charge in [0.05, 0.1) is 12.5 Å². The first-order chi connectivity index (χ1) is 23.2. The molecule has 4 saturated carbocycles. The number of allylic oxidation sites excluding steroid dienone is 2. The lowest BCUT2D eigenvalue weighted by Gasteiger charge is -2.70. The Kier molecular flexibility index (Phi) is 8.87. The van der Waals surface area contributed by atoms with E-state index in [9.17, 15) is 19.2 Å². The second-order valence-corrected chi connectivity index (χ2v) is 19.3. The second-order valence-electron chi connectivity index (χ2n) is 19.3. The predicted octanol–water partition coefficient (Wildman–Crippen LogP) is 8.39. The number of carbonyl (C=O) groups is 4. The zero-order chi connectivity index (χ0) is 36.7. The average molecular weight is 688 g/mol. The standard InChI is InChI=1S/C43H61NO6/c1-37(2)31-16-19-43(9)33(41(31,7)18-17-32(37)44-34(46)38(3,4)35(47)49-10)30(45)24-28-29-25-40(6,21-20-39(29,5)22-23-42(28,43)8)36(48)50-26-27-14-12-11-13-15-27/h11-15,24,29,31-33H,16-23,25-26H2,1-10H3,(H,44,46)/t29-,31-,32-,33+,39+,40-,41-,42+,43+/m0/s1. The molecule has 0 aliphatic heterocycles. The molecule has 274 valence electrons. The van der Waals surface area contributed by atoms with Gasteiger partial charge < -0.3 is 14.8 Å². The quantitative estimate of drug-likeness (QED) is 0.238. The van der Waals surface area contributed by atoms with Crippen LogP contribution in [0.15, 0.2) is 42.0 Å². The van der Waals surface area contributed by atoms with Crippen molar-refractivity contribution in [2.75, 3.05) is 7.11 Å². The maximum absolute atomic E-state index is 14.8. The molecule has 1 aromatic carbocycles. The van der Waals surface area contributed by atoms with E-state index >= 15 is 0 Å². The minimum atomic E-state index is -1.28. The monoisotopic (exact) mass is 687 g/mol. The lowest BCUT2D eigenvalue weighted by molar-refractivity contribution is -0.191. The number of esters is 2. The Bertz CT molecular complexity index is 1590. The van der Waals surface area contributed by atoms with Crippen LogP contribution < -0.4 is 5.32 Å². The molecule has 1 N–H and O–H groups in total. The number of nitrogens with one attached hydrogen (secondary N) is 1. The number of hydrogen-bond acceptors (Lipinski definition) is 6. The van der Waals surface area contributed by atoms with Gasteiger partial charge in [-0.25, -0.2) is 0 Å². The Hall–Kier alpha value is -2.96. The summed E-state index contributed by atoms with van der Waals surface area (Å²) in [4.78, 5) is 54.5. The van der Waals surface area contributed by atoms with Crippen LogP contribution in [-0.4, -0.2) is 36.8 Å². The molecule has 0 heterocycles. The van der Waals surface area contributed by atoms with Crippen molar-refractivity contribution in [2.24, 2.45) is 55.7 Å². The van der Waals surface area contributed by atoms with E-state index in [1.54, 1.807) is 13.8 Å². The molecule has 9 atom stereocenters. The topological polar surface area (TPSA) is 98.8 Å². The molecule has 1 amide bonds. The maximum atomic E-state index is 14.8. The summed E-state index contributed by atoms with van der Waals surface area (Å²) < 4.78 is 10.9. The summed E-state index contributed by atoms with van der Waals surface area (Å²) >= 11 is 0. The molecule has 7 heteroatoms. The van der Waals surface area contributed by atoms with Crippen LogP contribution in [0, 0.1) is 55.7 Å². The average Bonchev–Trinajstić information content (AvgIpc) is 3.06. The molecule has 0 bridgehead atoms. The third-order valence-corrected chi connectivity index (χ3v) is 15.9. The number of amides is 1. The van der Waals surface area contributed by atoms with Crippen molar-refractivity contribution >= 4 is 23.6 Å². The third kappa shape index (κ3) is 5.33. The summed E-state index contributed by atoms with van der Waals surface area (Å²) in [6, 6.07) is 9.76. The molecular formula is C43H61NO6. The van der Waals surface area contributed by atoms with Crippen LogP contribution in [0.4, 0.5) is 0 Å². The van der Waals surface area contributed by atoms with Crippen molar-refractivity contribution in [1.82, 2.24) is 5.32 Å². The number of benzene rings is 1. The largest absolute Gasteiger partial charge is 0.468 e. The van der Waals surface area contributed by atoms with Gasteiger partial charge in [0, 0.05) is 12.0 Å². The molecule has 0 radical (unpaired) electrons. The minimum absolute atomic E-state index is 0.0470. The van der Waals surface area contributed by atoms with Gasteiger partial charge in [0.2, 0.25) is 5.91 Å². The van der Waals surface area contributed by atoms with Crippen molar-refractivity contribution < 1.29 is 28.7 Å². The van der Waals surface area contributed by atoms with Crippen molar-refractivity contribution in [3.8, 4) is 0 Å². The summed E-state index contributed by atoms with van der Waals surface area (Å²) in [5, 5.41) is 3.26. The number of carbonyl (C=O) groups excluding carboxylic acids is 4. The lowest BCUT2D eigenvalue weighted by Crippen LogP contribution is -2.68. The number of ketones is 1. The normalized spacial score (nSPS) is 40.5. The van der Waals surface area contributed by atoms with Crippen LogP contribution in [0.1, 0.15) is 126 Å². The van der Waals surface area contributed by atoms with Crippen molar-refractivity contribution in [2.45, 2.75) is 133 Å². The SMILES string of the molecule is COC(=O)C(C)(C)C(=O)N[C@H]1CC[C@]2(C)[C@H]3C(=O)C=C4[C@@H]5C[C@@](C)(C(=O)OCc6ccccc6)CC[C@]5(C)CC[C@@]4(C)[C@]3(C)CC[C@H]2C1(C)C. The van der Waals surface area contributed by atoms with Crippen LogP contribution in [0.3, 0.4) is 0 Å². The zero-order valence-corrected chi connectivity index (χ0v) is 32.3. The van der Waals surface area contributed by atoms with E-state index < -0.39 is 16.8 Å². The minimum Gasteiger partial charge on any atom is -0.468 e. The Balaban J connectivity index is 1.28. The van der Waals surface area contributed by atoms with Crippen LogP contribution in [0.2, 0.25) is 0 Å². The molecule has 0 saturated heterocycles. The molecule has 0 unspecified atom stereocenters. The van der Waals surface area contributed by atoms with E-state index in [4.69, 9.17) is 9.47 Å². The van der Waals surface area contributed by atoms with Crippen molar-refractivity contribution in [3.05, 3.63) is 47.5 Å². The number of ether oxygens (including phenoxy) is 2. The molecule has 6 rings (SSSR count). The van der Waals surface area contributed by atoms with Gasteiger partial charge in [-0.1, -0.05) is 77.4 Å². The molecular weight excluding hydrogens is 626 g/mol. The van der Waals surface area contributed by atoms with Gasteiger partial charge in [-0.05, 0) is 129 Å². The fraction of sp³-hybridized carbons (Fsp3) is 0.721.